The Morgan fingerprint density at radius 2 is 2.05 bits per heavy atom. The maximum absolute atomic E-state index is 13.0. The molecule has 2 amide bonds. The van der Waals surface area contributed by atoms with Crippen LogP contribution < -0.4 is 11.1 Å². The highest BCUT2D eigenvalue weighted by atomic mass is 32.2. The molecule has 2 atom stereocenters. The molecule has 1 unspecified atom stereocenters. The number of nitrogen functional groups attached to an aromatic ring is 1. The number of carboxylic acid groups (broad SMARTS) is 1. The van der Waals surface area contributed by atoms with Crippen molar-refractivity contribution in [3.8, 4) is 11.3 Å². The number of aliphatic carboxylic acids is 1. The Morgan fingerprint density at radius 1 is 1.26 bits per heavy atom. The summed E-state index contributed by atoms with van der Waals surface area (Å²) < 4.78 is 0.806. The lowest BCUT2D eigenvalue weighted by molar-refractivity contribution is -0.150. The highest BCUT2D eigenvalue weighted by molar-refractivity contribution is 8.01. The van der Waals surface area contributed by atoms with Crippen LogP contribution in [-0.2, 0) is 19.2 Å². The number of fused-ring (bicyclic) bond motifs is 1. The number of aromatic nitrogens is 2. The minimum absolute atomic E-state index is 0.0466. The molecule has 0 radical (unpaired) electrons. The highest BCUT2D eigenvalue weighted by Crippen LogP contribution is 2.42. The van der Waals surface area contributed by atoms with Gasteiger partial charge in [0.2, 0.25) is 0 Å². The maximum Gasteiger partial charge on any atom is 0.352 e. The minimum Gasteiger partial charge on any atom is -0.477 e. The molecule has 2 aliphatic heterocycles. The lowest BCUT2D eigenvalue weighted by Crippen LogP contribution is -2.71. The van der Waals surface area contributed by atoms with Crippen LogP contribution in [0.5, 0.6) is 0 Å². The summed E-state index contributed by atoms with van der Waals surface area (Å²) in [4.78, 5) is 52.8. The third kappa shape index (κ3) is 5.14. The molecule has 0 bridgehead atoms. The van der Waals surface area contributed by atoms with Crippen LogP contribution in [0.1, 0.15) is 5.69 Å². The van der Waals surface area contributed by atoms with Gasteiger partial charge in [-0.15, -0.1) is 34.4 Å². The van der Waals surface area contributed by atoms with Crippen molar-refractivity contribution in [2.45, 2.75) is 15.8 Å². The number of benzene rings is 1. The van der Waals surface area contributed by atoms with Gasteiger partial charge in [0.1, 0.15) is 29.9 Å². The maximum atomic E-state index is 13.0. The van der Waals surface area contributed by atoms with Crippen LogP contribution in [0.15, 0.2) is 61.9 Å². The van der Waals surface area contributed by atoms with Crippen molar-refractivity contribution in [2.24, 2.45) is 5.16 Å². The van der Waals surface area contributed by atoms with E-state index in [-0.39, 0.29) is 22.2 Å². The Labute approximate surface area is 233 Å². The molecular weight excluding hydrogens is 569 g/mol. The summed E-state index contributed by atoms with van der Waals surface area (Å²) in [5.41, 5.74) is 8.19. The molecule has 38 heavy (non-hydrogen) atoms. The number of thioether (sulfide) groups is 2. The molecule has 0 spiro atoms. The van der Waals surface area contributed by atoms with Crippen molar-refractivity contribution in [1.29, 1.82) is 0 Å². The Hall–Kier alpha value is -3.40. The number of nitrogens with one attached hydrogen (secondary N) is 1. The Morgan fingerprint density at radius 3 is 2.74 bits per heavy atom. The summed E-state index contributed by atoms with van der Waals surface area (Å²) in [5, 5.41) is 19.5. The monoisotopic (exact) mass is 588 g/mol. The van der Waals surface area contributed by atoms with E-state index in [2.05, 4.69) is 20.4 Å². The zero-order valence-electron chi connectivity index (χ0n) is 19.7. The summed E-state index contributed by atoms with van der Waals surface area (Å²) in [6.07, 6.45) is 0. The molecule has 196 valence electrons. The van der Waals surface area contributed by atoms with Gasteiger partial charge in [0, 0.05) is 27.8 Å². The molecule has 1 aromatic carbocycles. The van der Waals surface area contributed by atoms with Gasteiger partial charge in [-0.05, 0) is 5.57 Å². The molecule has 11 nitrogen and oxygen atoms in total. The van der Waals surface area contributed by atoms with Gasteiger partial charge in [0.05, 0.1) is 5.69 Å². The van der Waals surface area contributed by atoms with E-state index in [1.807, 2.05) is 35.7 Å². The van der Waals surface area contributed by atoms with E-state index in [1.165, 1.54) is 46.9 Å². The van der Waals surface area contributed by atoms with Crippen LogP contribution >= 0.6 is 46.2 Å². The predicted molar refractivity (Wildman–Crippen MR) is 148 cm³/mol. The van der Waals surface area contributed by atoms with Gasteiger partial charge in [-0.1, -0.05) is 47.2 Å². The molecule has 4 N–H and O–H groups in total. The third-order valence-electron chi connectivity index (χ3n) is 5.62. The van der Waals surface area contributed by atoms with Crippen molar-refractivity contribution in [3.63, 3.8) is 0 Å². The number of thiazole rings is 2. The fourth-order valence-corrected chi connectivity index (χ4v) is 7.78. The zero-order chi connectivity index (χ0) is 26.8. The van der Waals surface area contributed by atoms with Crippen molar-refractivity contribution in [1.82, 2.24) is 20.2 Å². The van der Waals surface area contributed by atoms with Crippen molar-refractivity contribution in [2.75, 3.05) is 24.3 Å². The first-order valence-corrected chi connectivity index (χ1v) is 14.8. The summed E-state index contributed by atoms with van der Waals surface area (Å²) in [6, 6.07) is 8.88. The second kappa shape index (κ2) is 11.1. The quantitative estimate of drug-likeness (QED) is 0.147. The van der Waals surface area contributed by atoms with Gasteiger partial charge in [0.15, 0.2) is 15.2 Å². The average Bonchev–Trinajstić information content (AvgIpc) is 3.58. The Kier molecular flexibility index (Phi) is 7.69. The normalized spacial score (nSPS) is 19.1. The number of rotatable bonds is 9. The van der Waals surface area contributed by atoms with Crippen LogP contribution in [0.4, 0.5) is 5.13 Å². The van der Waals surface area contributed by atoms with E-state index in [4.69, 9.17) is 10.6 Å². The molecule has 3 aromatic rings. The number of anilines is 1. The summed E-state index contributed by atoms with van der Waals surface area (Å²) in [7, 11) is 1.29. The van der Waals surface area contributed by atoms with Crippen LogP contribution in [-0.4, -0.2) is 73.5 Å². The van der Waals surface area contributed by atoms with Crippen LogP contribution in [0.3, 0.4) is 0 Å². The van der Waals surface area contributed by atoms with E-state index in [0.717, 1.165) is 26.9 Å². The van der Waals surface area contributed by atoms with E-state index >= 15 is 0 Å². The number of oxime groups is 1. The number of amides is 2. The number of nitrogens with two attached hydrogens (primary N) is 1. The van der Waals surface area contributed by atoms with E-state index in [0.29, 0.717) is 17.1 Å². The molecule has 1 fully saturated rings. The zero-order valence-corrected chi connectivity index (χ0v) is 23.0. The molecule has 5 rings (SSSR count). The fraction of sp³-hybridized carbons (Fsp3) is 0.217. The summed E-state index contributed by atoms with van der Waals surface area (Å²) >= 11 is 5.44. The smallest absolute Gasteiger partial charge is 0.352 e. The first-order chi connectivity index (χ1) is 18.4. The Bertz CT molecular complexity index is 1450. The molecule has 1 saturated heterocycles. The summed E-state index contributed by atoms with van der Waals surface area (Å²) in [6.45, 7) is 0. The fourth-order valence-electron chi connectivity index (χ4n) is 3.91. The number of carbonyl (C=O) groups is 3. The first-order valence-electron chi connectivity index (χ1n) is 11.0. The number of hydrogen-bond donors (Lipinski definition) is 3. The van der Waals surface area contributed by atoms with Gasteiger partial charge in [0.25, 0.3) is 11.8 Å². The van der Waals surface area contributed by atoms with Crippen molar-refractivity contribution >= 4 is 74.8 Å². The average molecular weight is 589 g/mol. The molecule has 0 aliphatic carbocycles. The summed E-state index contributed by atoms with van der Waals surface area (Å²) in [5.74, 6) is -1.59. The number of carbonyl (C=O) groups excluding carboxylic acids is 2. The van der Waals surface area contributed by atoms with Crippen LogP contribution in [0.2, 0.25) is 0 Å². The SMILES string of the molecule is CON=C(C(=O)NC1C(=O)N2C(C(=O)O)=C(CSc3nc(-c4ccccc4)cs3)CS[C@@H]12)c1csc(N)n1. The number of hydrogen-bond acceptors (Lipinski definition) is 12. The van der Waals surface area contributed by atoms with Crippen molar-refractivity contribution in [3.05, 3.63) is 58.1 Å². The third-order valence-corrected chi connectivity index (χ3v) is 9.74. The van der Waals surface area contributed by atoms with Gasteiger partial charge >= 0.3 is 5.97 Å². The molecular formula is C23H20N6O5S4. The molecule has 2 aromatic heterocycles. The second-order valence-corrected chi connectivity index (χ2v) is 12.0. The number of β-lactam (4-membered cyclic amide) rings is 1. The van der Waals surface area contributed by atoms with Crippen LogP contribution in [0, 0.1) is 0 Å². The first kappa shape index (κ1) is 26.2. The van der Waals surface area contributed by atoms with Gasteiger partial charge in [-0.3, -0.25) is 14.5 Å². The lowest BCUT2D eigenvalue weighted by Gasteiger charge is -2.49. The minimum atomic E-state index is -1.19. The lowest BCUT2D eigenvalue weighted by atomic mass is 10.0. The molecule has 15 heteroatoms. The Balaban J connectivity index is 1.28. The van der Waals surface area contributed by atoms with Crippen LogP contribution in [0.25, 0.3) is 11.3 Å². The molecule has 2 aliphatic rings. The van der Waals surface area contributed by atoms with E-state index < -0.39 is 29.2 Å². The highest BCUT2D eigenvalue weighted by Gasteiger charge is 2.54. The molecule has 0 saturated carbocycles. The van der Waals surface area contributed by atoms with Gasteiger partial charge < -0.3 is 21.0 Å². The largest absolute Gasteiger partial charge is 0.477 e. The van der Waals surface area contributed by atoms with Crippen molar-refractivity contribution < 1.29 is 24.3 Å². The topological polar surface area (TPSA) is 160 Å². The second-order valence-electron chi connectivity index (χ2n) is 7.97. The van der Waals surface area contributed by atoms with Gasteiger partial charge in [-0.25, -0.2) is 14.8 Å². The van der Waals surface area contributed by atoms with E-state index in [1.54, 1.807) is 5.38 Å². The number of carboxylic acids is 1. The standard InChI is InChI=1S/C23H20N6O5S4/c1-34-28-15(14-10-36-22(24)25-14)18(30)27-16-19(31)29-17(21(32)33)12(7-35-20(16)29)8-37-23-26-13(9-38-23)11-5-3-2-4-6-11/h2-6,9-10,16,20H,7-8H2,1H3,(H2,24,25)(H,27,30)(H,32,33)/t16?,20-/m0/s1. The van der Waals surface area contributed by atoms with Gasteiger partial charge in [-0.2, -0.15) is 0 Å². The predicted octanol–water partition coefficient (Wildman–Crippen LogP) is 2.73. The molecule has 4 heterocycles. The number of nitrogens with zero attached hydrogens (tertiary/aromatic N) is 4. The van der Waals surface area contributed by atoms with E-state index in [9.17, 15) is 19.5 Å².